The first kappa shape index (κ1) is 18.9. The van der Waals surface area contributed by atoms with Crippen molar-refractivity contribution in [2.75, 3.05) is 32.1 Å². The monoisotopic (exact) mass is 366 g/mol. The minimum absolute atomic E-state index is 0.0513. The Morgan fingerprint density at radius 2 is 1.74 bits per heavy atom. The molecule has 2 heterocycles. The number of carbonyl (C=O) groups is 2. The van der Waals surface area contributed by atoms with Gasteiger partial charge < -0.3 is 15.1 Å². The molecular weight excluding hydrogens is 340 g/mol. The molecule has 1 aliphatic heterocycles. The van der Waals surface area contributed by atoms with Crippen LogP contribution >= 0.6 is 0 Å². The first-order valence-electron chi connectivity index (χ1n) is 9.35. The Morgan fingerprint density at radius 3 is 2.41 bits per heavy atom. The molecule has 2 aromatic rings. The van der Waals surface area contributed by atoms with Crippen LogP contribution in [-0.4, -0.2) is 48.9 Å². The number of hydrogen-bond donors (Lipinski definition) is 1. The third-order valence-electron chi connectivity index (χ3n) is 4.78. The molecule has 0 radical (unpaired) electrons. The molecule has 1 N–H and O–H groups in total. The van der Waals surface area contributed by atoms with Crippen molar-refractivity contribution in [2.24, 2.45) is 0 Å². The summed E-state index contributed by atoms with van der Waals surface area (Å²) in [5, 5.41) is 2.95. The Labute approximate surface area is 160 Å². The molecule has 0 spiro atoms. The molecular formula is C21H26N4O2. The summed E-state index contributed by atoms with van der Waals surface area (Å²) in [6, 6.07) is 12.2. The van der Waals surface area contributed by atoms with Crippen molar-refractivity contribution < 1.29 is 9.59 Å². The van der Waals surface area contributed by atoms with E-state index in [1.165, 1.54) is 0 Å². The number of nitrogens with one attached hydrogen (secondary N) is 1. The highest BCUT2D eigenvalue weighted by Gasteiger charge is 2.29. The smallest absolute Gasteiger partial charge is 0.255 e. The normalized spacial score (nSPS) is 15.1. The summed E-state index contributed by atoms with van der Waals surface area (Å²) >= 11 is 0. The Hall–Kier alpha value is -2.89. The Bertz CT molecular complexity index is 786. The summed E-state index contributed by atoms with van der Waals surface area (Å²) in [6.07, 6.45) is 4.82. The van der Waals surface area contributed by atoms with E-state index < -0.39 is 6.04 Å². The number of rotatable bonds is 5. The van der Waals surface area contributed by atoms with E-state index >= 15 is 0 Å². The van der Waals surface area contributed by atoms with Crippen LogP contribution in [0.1, 0.15) is 41.2 Å². The molecule has 142 valence electrons. The van der Waals surface area contributed by atoms with E-state index in [1.54, 1.807) is 23.2 Å². The molecule has 3 rings (SSSR count). The molecule has 27 heavy (non-hydrogen) atoms. The zero-order chi connectivity index (χ0) is 19.2. The predicted molar refractivity (Wildman–Crippen MR) is 106 cm³/mol. The molecule has 1 aliphatic rings. The predicted octanol–water partition coefficient (Wildman–Crippen LogP) is 2.63. The number of aromatic nitrogens is 1. The fraction of sp³-hybridized carbons (Fsp3) is 0.381. The molecule has 1 saturated heterocycles. The maximum absolute atomic E-state index is 13.2. The largest absolute Gasteiger partial charge is 0.362 e. The molecule has 2 amide bonds. The van der Waals surface area contributed by atoms with Crippen LogP contribution in [0.3, 0.4) is 0 Å². The molecule has 6 nitrogen and oxygen atoms in total. The number of nitrogens with zero attached hydrogens (tertiary/aromatic N) is 3. The number of amides is 2. The number of anilines is 1. The van der Waals surface area contributed by atoms with Gasteiger partial charge in [-0.2, -0.15) is 0 Å². The third kappa shape index (κ3) is 4.45. The molecule has 1 fully saturated rings. The van der Waals surface area contributed by atoms with Gasteiger partial charge in [0.2, 0.25) is 5.91 Å². The Morgan fingerprint density at radius 1 is 1.04 bits per heavy atom. The van der Waals surface area contributed by atoms with Gasteiger partial charge in [-0.15, -0.1) is 0 Å². The minimum atomic E-state index is -0.702. The van der Waals surface area contributed by atoms with Crippen LogP contribution in [0.2, 0.25) is 0 Å². The van der Waals surface area contributed by atoms with Gasteiger partial charge in [0.05, 0.1) is 5.56 Å². The number of pyridine rings is 1. The van der Waals surface area contributed by atoms with Crippen LogP contribution < -0.4 is 10.2 Å². The number of benzene rings is 1. The second-order valence-electron chi connectivity index (χ2n) is 6.97. The van der Waals surface area contributed by atoms with Gasteiger partial charge in [-0.05, 0) is 37.0 Å². The van der Waals surface area contributed by atoms with E-state index in [0.717, 1.165) is 37.9 Å². The highest BCUT2D eigenvalue weighted by atomic mass is 16.2. The zero-order valence-electron chi connectivity index (χ0n) is 15.9. The summed E-state index contributed by atoms with van der Waals surface area (Å²) in [7, 11) is 3.68. The second-order valence-corrected chi connectivity index (χ2v) is 6.97. The first-order valence-corrected chi connectivity index (χ1v) is 9.35. The molecule has 0 saturated carbocycles. The average Bonchev–Trinajstić information content (AvgIpc) is 2.72. The Kier molecular flexibility index (Phi) is 6.06. The summed E-state index contributed by atoms with van der Waals surface area (Å²) in [4.78, 5) is 34.1. The minimum Gasteiger partial charge on any atom is -0.362 e. The van der Waals surface area contributed by atoms with Crippen molar-refractivity contribution in [3.05, 3.63) is 59.8 Å². The van der Waals surface area contributed by atoms with Gasteiger partial charge in [0, 0.05) is 33.4 Å². The number of carbonyl (C=O) groups excluding carboxylic acids is 2. The first-order chi connectivity index (χ1) is 13.1. The standard InChI is InChI=1S/C21H26N4O2/c1-24(2)19-17(12-9-13-22-19)20(26)23-18(16-10-5-3-6-11-16)21(27)25-14-7-4-8-15-25/h3,5-6,9-13,18H,4,7-8,14-15H2,1-2H3,(H,23,26)/t18-/m0/s1. The third-order valence-corrected chi connectivity index (χ3v) is 4.78. The molecule has 0 bridgehead atoms. The van der Waals surface area contributed by atoms with Crippen LogP contribution in [-0.2, 0) is 4.79 Å². The molecule has 1 aromatic carbocycles. The lowest BCUT2D eigenvalue weighted by Gasteiger charge is -2.31. The number of hydrogen-bond acceptors (Lipinski definition) is 4. The second kappa shape index (κ2) is 8.66. The van der Waals surface area contributed by atoms with Crippen LogP contribution in [0.15, 0.2) is 48.7 Å². The molecule has 6 heteroatoms. The number of likely N-dealkylation sites (tertiary alicyclic amines) is 1. The maximum Gasteiger partial charge on any atom is 0.255 e. The van der Waals surface area contributed by atoms with E-state index in [4.69, 9.17) is 0 Å². The lowest BCUT2D eigenvalue weighted by atomic mass is 10.0. The molecule has 1 aromatic heterocycles. The summed E-state index contributed by atoms with van der Waals surface area (Å²) < 4.78 is 0. The summed E-state index contributed by atoms with van der Waals surface area (Å²) in [5.41, 5.74) is 1.24. The van der Waals surface area contributed by atoms with E-state index in [0.29, 0.717) is 11.4 Å². The summed E-state index contributed by atoms with van der Waals surface area (Å²) in [5.74, 6) is 0.225. The van der Waals surface area contributed by atoms with Crippen molar-refractivity contribution in [3.8, 4) is 0 Å². The molecule has 0 unspecified atom stereocenters. The van der Waals surface area contributed by atoms with Crippen LogP contribution in [0.4, 0.5) is 5.82 Å². The average molecular weight is 366 g/mol. The van der Waals surface area contributed by atoms with Crippen molar-refractivity contribution >= 4 is 17.6 Å². The van der Waals surface area contributed by atoms with Crippen LogP contribution in [0, 0.1) is 0 Å². The van der Waals surface area contributed by atoms with E-state index in [-0.39, 0.29) is 11.8 Å². The van der Waals surface area contributed by atoms with Crippen molar-refractivity contribution in [1.29, 1.82) is 0 Å². The van der Waals surface area contributed by atoms with Gasteiger partial charge >= 0.3 is 0 Å². The van der Waals surface area contributed by atoms with Crippen molar-refractivity contribution in [2.45, 2.75) is 25.3 Å². The quantitative estimate of drug-likeness (QED) is 0.883. The van der Waals surface area contributed by atoms with Crippen molar-refractivity contribution in [1.82, 2.24) is 15.2 Å². The van der Waals surface area contributed by atoms with Gasteiger partial charge in [0.15, 0.2) is 0 Å². The van der Waals surface area contributed by atoms with E-state index in [2.05, 4.69) is 10.3 Å². The fourth-order valence-corrected chi connectivity index (χ4v) is 3.37. The van der Waals surface area contributed by atoms with Gasteiger partial charge in [-0.3, -0.25) is 9.59 Å². The van der Waals surface area contributed by atoms with E-state index in [9.17, 15) is 9.59 Å². The SMILES string of the molecule is CN(C)c1ncccc1C(=O)N[C@H](C(=O)N1CCCCC1)c1ccccc1. The van der Waals surface area contributed by atoms with Gasteiger partial charge in [0.1, 0.15) is 11.9 Å². The molecule has 0 aliphatic carbocycles. The Balaban J connectivity index is 1.87. The van der Waals surface area contributed by atoms with Gasteiger partial charge in [0.25, 0.3) is 5.91 Å². The number of piperidine rings is 1. The van der Waals surface area contributed by atoms with E-state index in [1.807, 2.05) is 49.3 Å². The maximum atomic E-state index is 13.2. The van der Waals surface area contributed by atoms with Crippen molar-refractivity contribution in [3.63, 3.8) is 0 Å². The lowest BCUT2D eigenvalue weighted by Crippen LogP contribution is -2.45. The van der Waals surface area contributed by atoms with Crippen LogP contribution in [0.25, 0.3) is 0 Å². The lowest BCUT2D eigenvalue weighted by molar-refractivity contribution is -0.134. The highest BCUT2D eigenvalue weighted by Crippen LogP contribution is 2.21. The van der Waals surface area contributed by atoms with Gasteiger partial charge in [-0.1, -0.05) is 30.3 Å². The topological polar surface area (TPSA) is 65.5 Å². The van der Waals surface area contributed by atoms with Gasteiger partial charge in [-0.25, -0.2) is 4.98 Å². The summed E-state index contributed by atoms with van der Waals surface area (Å²) in [6.45, 7) is 1.49. The highest BCUT2D eigenvalue weighted by molar-refractivity contribution is 6.01. The fourth-order valence-electron chi connectivity index (χ4n) is 3.37. The van der Waals surface area contributed by atoms with Crippen LogP contribution in [0.5, 0.6) is 0 Å². The zero-order valence-corrected chi connectivity index (χ0v) is 15.9. The molecule has 1 atom stereocenters.